The summed E-state index contributed by atoms with van der Waals surface area (Å²) in [5.74, 6) is -0.516. The van der Waals surface area contributed by atoms with Crippen LogP contribution in [0, 0.1) is 5.82 Å². The van der Waals surface area contributed by atoms with Crippen LogP contribution in [-0.4, -0.2) is 39.2 Å². The van der Waals surface area contributed by atoms with Crippen molar-refractivity contribution < 1.29 is 9.18 Å². The molecule has 0 radical (unpaired) electrons. The first-order valence-corrected chi connectivity index (χ1v) is 12.5. The maximum atomic E-state index is 13.3. The lowest BCUT2D eigenvalue weighted by atomic mass is 10.0. The van der Waals surface area contributed by atoms with Gasteiger partial charge in [-0.1, -0.05) is 43.7 Å². The van der Waals surface area contributed by atoms with Crippen LogP contribution in [0.3, 0.4) is 0 Å². The molecule has 0 bridgehead atoms. The molecule has 1 N–H and O–H groups in total. The van der Waals surface area contributed by atoms with Crippen molar-refractivity contribution in [2.45, 2.75) is 52.7 Å². The van der Waals surface area contributed by atoms with Crippen molar-refractivity contribution in [3.05, 3.63) is 83.3 Å². The molecule has 7 heteroatoms. The number of nitrogens with one attached hydrogen (secondary N) is 1. The minimum absolute atomic E-state index is 0.0962. The Balaban J connectivity index is 1.67. The van der Waals surface area contributed by atoms with E-state index in [1.807, 2.05) is 36.7 Å². The van der Waals surface area contributed by atoms with Gasteiger partial charge in [-0.15, -0.1) is 0 Å². The van der Waals surface area contributed by atoms with Gasteiger partial charge >= 0.3 is 0 Å². The van der Waals surface area contributed by atoms with Gasteiger partial charge in [0.15, 0.2) is 5.65 Å². The Morgan fingerprint density at radius 3 is 2.61 bits per heavy atom. The molecule has 36 heavy (non-hydrogen) atoms. The predicted molar refractivity (Wildman–Crippen MR) is 142 cm³/mol. The second-order valence-corrected chi connectivity index (χ2v) is 9.58. The van der Waals surface area contributed by atoms with Gasteiger partial charge in [-0.2, -0.15) is 5.10 Å². The van der Waals surface area contributed by atoms with Gasteiger partial charge in [-0.05, 0) is 69.3 Å². The molecule has 0 saturated carbocycles. The number of unbranched alkanes of at least 4 members (excludes halogenated alkanes) is 1. The molecule has 0 unspecified atom stereocenters. The molecule has 0 aliphatic carbocycles. The molecule has 6 nitrogen and oxygen atoms in total. The Morgan fingerprint density at radius 1 is 1.11 bits per heavy atom. The highest BCUT2D eigenvalue weighted by Gasteiger charge is 2.19. The van der Waals surface area contributed by atoms with E-state index in [1.165, 1.54) is 30.5 Å². The third kappa shape index (κ3) is 5.97. The average molecular weight is 488 g/mol. The monoisotopic (exact) mass is 487 g/mol. The van der Waals surface area contributed by atoms with Crippen molar-refractivity contribution >= 4 is 16.9 Å². The summed E-state index contributed by atoms with van der Waals surface area (Å²) in [5, 5.41) is 8.19. The first-order chi connectivity index (χ1) is 17.4. The molecular formula is C29H34FN5O. The summed E-state index contributed by atoms with van der Waals surface area (Å²) in [7, 11) is 2.14. The molecule has 2 aromatic heterocycles. The molecular weight excluding hydrogens is 453 g/mol. The number of hydrogen-bond acceptors (Lipinski definition) is 4. The molecule has 0 aliphatic rings. The molecule has 1 amide bonds. The van der Waals surface area contributed by atoms with E-state index in [4.69, 9.17) is 4.98 Å². The van der Waals surface area contributed by atoms with Gasteiger partial charge in [0.05, 0.1) is 22.8 Å². The molecule has 2 aromatic carbocycles. The molecule has 0 fully saturated rings. The van der Waals surface area contributed by atoms with Crippen molar-refractivity contribution in [1.29, 1.82) is 0 Å². The van der Waals surface area contributed by atoms with Crippen molar-refractivity contribution in [2.24, 2.45) is 0 Å². The van der Waals surface area contributed by atoms with Crippen molar-refractivity contribution in [1.82, 2.24) is 25.0 Å². The largest absolute Gasteiger partial charge is 0.348 e. The van der Waals surface area contributed by atoms with E-state index in [2.05, 4.69) is 41.4 Å². The van der Waals surface area contributed by atoms with Crippen molar-refractivity contribution in [3.63, 3.8) is 0 Å². The minimum atomic E-state index is -0.301. The number of nitrogens with zero attached hydrogens (tertiary/aromatic N) is 4. The molecule has 0 atom stereocenters. The van der Waals surface area contributed by atoms with Crippen LogP contribution in [0.5, 0.6) is 0 Å². The molecule has 4 aromatic rings. The minimum Gasteiger partial charge on any atom is -0.348 e. The van der Waals surface area contributed by atoms with E-state index in [1.54, 1.807) is 18.3 Å². The number of aromatic nitrogens is 3. The van der Waals surface area contributed by atoms with Crippen LogP contribution in [0.4, 0.5) is 4.39 Å². The lowest BCUT2D eigenvalue weighted by Crippen LogP contribution is -2.23. The van der Waals surface area contributed by atoms with E-state index >= 15 is 0 Å². The standard InChI is InChI=1S/C29H34FN5O/c1-5-6-14-34(4)19-22-8-7-9-23(15-22)27-16-25(26-18-32-35(20(2)3)28(26)33-27)29(36)31-17-21-10-12-24(30)13-11-21/h7-13,15-16,18,20H,5-6,14,17,19H2,1-4H3,(H,31,36). The normalized spacial score (nSPS) is 11.5. The van der Waals surface area contributed by atoms with E-state index in [-0.39, 0.29) is 17.8 Å². The SMILES string of the molecule is CCCCN(C)Cc1cccc(-c2cc(C(=O)NCc3ccc(F)cc3)c3cnn(C(C)C)c3n2)c1. The predicted octanol–water partition coefficient (Wildman–Crippen LogP) is 5.98. The van der Waals surface area contributed by atoms with E-state index < -0.39 is 0 Å². The van der Waals surface area contributed by atoms with Crippen LogP contribution in [0.1, 0.15) is 61.1 Å². The van der Waals surface area contributed by atoms with Crippen LogP contribution in [-0.2, 0) is 13.1 Å². The Morgan fingerprint density at radius 2 is 1.89 bits per heavy atom. The summed E-state index contributed by atoms with van der Waals surface area (Å²) in [4.78, 5) is 20.6. The quantitative estimate of drug-likeness (QED) is 0.299. The molecule has 0 spiro atoms. The zero-order valence-corrected chi connectivity index (χ0v) is 21.5. The third-order valence-electron chi connectivity index (χ3n) is 6.24. The van der Waals surface area contributed by atoms with Crippen LogP contribution >= 0.6 is 0 Å². The summed E-state index contributed by atoms with van der Waals surface area (Å²) in [6.45, 7) is 8.49. The zero-order valence-electron chi connectivity index (χ0n) is 21.5. The highest BCUT2D eigenvalue weighted by Crippen LogP contribution is 2.27. The van der Waals surface area contributed by atoms with Gasteiger partial charge < -0.3 is 10.2 Å². The first kappa shape index (κ1) is 25.5. The van der Waals surface area contributed by atoms with E-state index in [9.17, 15) is 9.18 Å². The first-order valence-electron chi connectivity index (χ1n) is 12.5. The fraction of sp³-hybridized carbons (Fsp3) is 0.345. The highest BCUT2D eigenvalue weighted by molar-refractivity contribution is 6.06. The second-order valence-electron chi connectivity index (χ2n) is 9.58. The molecule has 188 valence electrons. The molecule has 0 saturated heterocycles. The average Bonchev–Trinajstić information content (AvgIpc) is 3.31. The zero-order chi connectivity index (χ0) is 25.7. The smallest absolute Gasteiger partial charge is 0.252 e. The van der Waals surface area contributed by atoms with Gasteiger partial charge in [0, 0.05) is 24.7 Å². The number of benzene rings is 2. The summed E-state index contributed by atoms with van der Waals surface area (Å²) >= 11 is 0. The molecule has 0 aliphatic heterocycles. The summed E-state index contributed by atoms with van der Waals surface area (Å²) in [6.07, 6.45) is 4.05. The van der Waals surface area contributed by atoms with Crippen molar-refractivity contribution in [3.8, 4) is 11.3 Å². The number of fused-ring (bicyclic) bond motifs is 1. The number of hydrogen-bond donors (Lipinski definition) is 1. The molecule has 4 rings (SSSR count). The number of carbonyl (C=O) groups is 1. The van der Waals surface area contributed by atoms with Crippen LogP contribution < -0.4 is 5.32 Å². The number of rotatable bonds is 10. The van der Waals surface area contributed by atoms with Gasteiger partial charge in [-0.25, -0.2) is 14.1 Å². The van der Waals surface area contributed by atoms with Gasteiger partial charge in [0.2, 0.25) is 0 Å². The molecule has 2 heterocycles. The Hall–Kier alpha value is -3.58. The second kappa shape index (κ2) is 11.4. The Labute approximate surface area is 212 Å². The fourth-order valence-corrected chi connectivity index (χ4v) is 4.26. The van der Waals surface area contributed by atoms with E-state index in [0.29, 0.717) is 23.1 Å². The third-order valence-corrected chi connectivity index (χ3v) is 6.24. The Kier molecular flexibility index (Phi) is 8.10. The summed E-state index contributed by atoms with van der Waals surface area (Å²) in [6, 6.07) is 16.4. The van der Waals surface area contributed by atoms with Gasteiger partial charge in [0.25, 0.3) is 5.91 Å². The number of pyridine rings is 1. The van der Waals surface area contributed by atoms with Crippen LogP contribution in [0.25, 0.3) is 22.3 Å². The number of carbonyl (C=O) groups excluding carboxylic acids is 1. The summed E-state index contributed by atoms with van der Waals surface area (Å²) < 4.78 is 15.1. The Bertz CT molecular complexity index is 1330. The number of amides is 1. The van der Waals surface area contributed by atoms with Gasteiger partial charge in [0.1, 0.15) is 5.82 Å². The maximum Gasteiger partial charge on any atom is 0.252 e. The van der Waals surface area contributed by atoms with Crippen LogP contribution in [0.2, 0.25) is 0 Å². The van der Waals surface area contributed by atoms with Gasteiger partial charge in [-0.3, -0.25) is 4.79 Å². The van der Waals surface area contributed by atoms with Crippen LogP contribution in [0.15, 0.2) is 60.8 Å². The van der Waals surface area contributed by atoms with Crippen molar-refractivity contribution in [2.75, 3.05) is 13.6 Å². The topological polar surface area (TPSA) is 63.1 Å². The fourth-order valence-electron chi connectivity index (χ4n) is 4.26. The van der Waals surface area contributed by atoms with E-state index in [0.717, 1.165) is 29.9 Å². The maximum absolute atomic E-state index is 13.3. The summed E-state index contributed by atoms with van der Waals surface area (Å²) in [5.41, 5.74) is 4.92. The number of halogens is 1. The lowest BCUT2D eigenvalue weighted by molar-refractivity contribution is 0.0952. The lowest BCUT2D eigenvalue weighted by Gasteiger charge is -2.17. The highest BCUT2D eigenvalue weighted by atomic mass is 19.1.